The second-order valence-electron chi connectivity index (χ2n) is 3.47. The van der Waals surface area contributed by atoms with Gasteiger partial charge in [-0.1, -0.05) is 0 Å². The Kier molecular flexibility index (Phi) is 4.35. The van der Waals surface area contributed by atoms with Gasteiger partial charge in [-0.3, -0.25) is 4.79 Å². The van der Waals surface area contributed by atoms with Crippen LogP contribution in [0.3, 0.4) is 0 Å². The maximum absolute atomic E-state index is 12.5. The second-order valence-corrected chi connectivity index (χ2v) is 3.47. The average Bonchev–Trinajstić information content (AvgIpc) is 2.26. The van der Waals surface area contributed by atoms with E-state index in [-0.39, 0.29) is 0 Å². The molecule has 0 heterocycles. The van der Waals surface area contributed by atoms with Gasteiger partial charge >= 0.3 is 35.8 Å². The molecule has 0 aromatic heterocycles. The van der Waals surface area contributed by atoms with Crippen molar-refractivity contribution in [1.29, 1.82) is 0 Å². The molecule has 0 aliphatic heterocycles. The van der Waals surface area contributed by atoms with Crippen LogP contribution < -0.4 is 0 Å². The van der Waals surface area contributed by atoms with Gasteiger partial charge in [0.1, 0.15) is 0 Å². The number of halogens is 13. The van der Waals surface area contributed by atoms with Gasteiger partial charge in [0, 0.05) is 0 Å². The van der Waals surface area contributed by atoms with Crippen LogP contribution in [-0.4, -0.2) is 42.1 Å². The van der Waals surface area contributed by atoms with Crippen LogP contribution in [0.15, 0.2) is 0 Å². The van der Waals surface area contributed by atoms with Crippen molar-refractivity contribution in [2.24, 2.45) is 0 Å². The lowest BCUT2D eigenvalue weighted by Crippen LogP contribution is -2.70. The highest BCUT2D eigenvalue weighted by Gasteiger charge is 2.91. The molecule has 0 saturated carbocycles. The highest BCUT2D eigenvalue weighted by atomic mass is 19.4. The molecule has 0 unspecified atom stereocenters. The molecule has 0 aromatic carbocycles. The van der Waals surface area contributed by atoms with Crippen molar-refractivity contribution in [3.8, 4) is 0 Å². The van der Waals surface area contributed by atoms with Crippen LogP contribution in [0.25, 0.3) is 0 Å². The summed E-state index contributed by atoms with van der Waals surface area (Å²) in [4.78, 5) is 9.35. The molecule has 0 saturated heterocycles. The molecule has 125 valence electrons. The molecule has 14 heteroatoms. The minimum absolute atomic E-state index is 1.12. The van der Waals surface area contributed by atoms with E-state index in [2.05, 4.69) is 0 Å². The Morgan fingerprint density at radius 1 is 0.476 bits per heavy atom. The SMILES string of the molecule is O=[C]C(F)(F)C(F)(F)C(F)(F)C(F)(F)C(F)(F)C(F)(F)F. The Morgan fingerprint density at radius 3 is 1.00 bits per heavy atom. The van der Waals surface area contributed by atoms with Gasteiger partial charge in [-0.05, 0) is 0 Å². The van der Waals surface area contributed by atoms with Crippen molar-refractivity contribution in [3.63, 3.8) is 0 Å². The third-order valence-corrected chi connectivity index (χ3v) is 2.06. The Labute approximate surface area is 105 Å². The lowest BCUT2D eigenvalue weighted by Gasteiger charge is -2.38. The fraction of sp³-hybridized carbons (Fsp3) is 0.857. The molecule has 1 radical (unpaired) electrons. The van der Waals surface area contributed by atoms with Crippen LogP contribution in [0.4, 0.5) is 57.1 Å². The minimum Gasteiger partial charge on any atom is -0.283 e. The Balaban J connectivity index is 6.20. The summed E-state index contributed by atoms with van der Waals surface area (Å²) in [5.41, 5.74) is 0. The normalized spacial score (nSPS) is 16.0. The van der Waals surface area contributed by atoms with Gasteiger partial charge in [0.25, 0.3) is 6.29 Å². The first kappa shape index (κ1) is 19.8. The van der Waals surface area contributed by atoms with Crippen molar-refractivity contribution in [1.82, 2.24) is 0 Å². The van der Waals surface area contributed by atoms with Crippen molar-refractivity contribution in [2.45, 2.75) is 35.8 Å². The molecule has 0 atom stereocenters. The van der Waals surface area contributed by atoms with Gasteiger partial charge in [0.15, 0.2) is 0 Å². The molecule has 0 fully saturated rings. The average molecular weight is 347 g/mol. The number of alkyl halides is 13. The summed E-state index contributed by atoms with van der Waals surface area (Å²) in [7, 11) is 0. The fourth-order valence-corrected chi connectivity index (χ4v) is 0.834. The summed E-state index contributed by atoms with van der Waals surface area (Å²) >= 11 is 0. The van der Waals surface area contributed by atoms with Crippen LogP contribution >= 0.6 is 0 Å². The number of hydrogen-bond donors (Lipinski definition) is 0. The van der Waals surface area contributed by atoms with E-state index in [0.29, 0.717) is 0 Å². The zero-order chi connectivity index (χ0) is 17.7. The molecule has 0 bridgehead atoms. The van der Waals surface area contributed by atoms with Crippen molar-refractivity contribution in [2.75, 3.05) is 0 Å². The number of carbonyl (C=O) groups excluding carboxylic acids is 1. The molecule has 0 aromatic rings. The van der Waals surface area contributed by atoms with Gasteiger partial charge in [-0.15, -0.1) is 0 Å². The molecule has 0 aliphatic carbocycles. The second kappa shape index (κ2) is 4.63. The number of rotatable bonds is 5. The number of hydrogen-bond acceptors (Lipinski definition) is 1. The lowest BCUT2D eigenvalue weighted by atomic mass is 9.94. The van der Waals surface area contributed by atoms with Gasteiger partial charge in [-0.2, -0.15) is 57.1 Å². The smallest absolute Gasteiger partial charge is 0.283 e. The molecule has 0 spiro atoms. The van der Waals surface area contributed by atoms with E-state index in [1.54, 1.807) is 0 Å². The zero-order valence-corrected chi connectivity index (χ0v) is 8.82. The third-order valence-electron chi connectivity index (χ3n) is 2.06. The Hall–Kier alpha value is -1.24. The van der Waals surface area contributed by atoms with Gasteiger partial charge in [-0.25, -0.2) is 0 Å². The third kappa shape index (κ3) is 2.41. The lowest BCUT2D eigenvalue weighted by molar-refractivity contribution is -0.434. The van der Waals surface area contributed by atoms with Crippen molar-refractivity contribution >= 4 is 6.29 Å². The largest absolute Gasteiger partial charge is 0.460 e. The Morgan fingerprint density at radius 2 is 0.762 bits per heavy atom. The van der Waals surface area contributed by atoms with Crippen LogP contribution in [0.1, 0.15) is 0 Å². The molecular weight excluding hydrogens is 347 g/mol. The van der Waals surface area contributed by atoms with E-state index in [0.717, 1.165) is 0 Å². The molecular formula is C7F13O. The van der Waals surface area contributed by atoms with Crippen molar-refractivity contribution in [3.05, 3.63) is 0 Å². The van der Waals surface area contributed by atoms with Crippen molar-refractivity contribution < 1.29 is 61.9 Å². The summed E-state index contributed by atoms with van der Waals surface area (Å²) in [6, 6.07) is 0. The monoisotopic (exact) mass is 347 g/mol. The van der Waals surface area contributed by atoms with Crippen LogP contribution in [0.2, 0.25) is 0 Å². The van der Waals surface area contributed by atoms with E-state index < -0.39 is 42.1 Å². The highest BCUT2D eigenvalue weighted by molar-refractivity contribution is 5.63. The summed E-state index contributed by atoms with van der Waals surface area (Å²) in [6.07, 6.45) is -8.58. The fourth-order valence-electron chi connectivity index (χ4n) is 0.834. The van der Waals surface area contributed by atoms with Gasteiger partial charge in [0.05, 0.1) is 0 Å². The summed E-state index contributed by atoms with van der Waals surface area (Å²) in [5, 5.41) is 0. The maximum atomic E-state index is 12.5. The van der Waals surface area contributed by atoms with E-state index in [9.17, 15) is 61.9 Å². The first-order valence-corrected chi connectivity index (χ1v) is 4.16. The molecule has 1 nitrogen and oxygen atoms in total. The first-order chi connectivity index (χ1) is 8.81. The Bertz CT molecular complexity index is 405. The summed E-state index contributed by atoms with van der Waals surface area (Å²) in [5.74, 6) is -38.0. The molecule has 0 rings (SSSR count). The molecule has 0 amide bonds. The predicted octanol–water partition coefficient (Wildman–Crippen LogP) is 3.83. The zero-order valence-electron chi connectivity index (χ0n) is 8.82. The molecule has 0 aliphatic rings. The molecule has 21 heavy (non-hydrogen) atoms. The van der Waals surface area contributed by atoms with Crippen LogP contribution in [0.5, 0.6) is 0 Å². The van der Waals surface area contributed by atoms with Crippen LogP contribution in [0, 0.1) is 0 Å². The summed E-state index contributed by atoms with van der Waals surface area (Å²) < 4.78 is 158. The topological polar surface area (TPSA) is 17.1 Å². The summed E-state index contributed by atoms with van der Waals surface area (Å²) in [6.45, 7) is 0. The van der Waals surface area contributed by atoms with Crippen LogP contribution in [-0.2, 0) is 4.79 Å². The van der Waals surface area contributed by atoms with Gasteiger partial charge < -0.3 is 0 Å². The highest BCUT2D eigenvalue weighted by Crippen LogP contribution is 2.59. The predicted molar refractivity (Wildman–Crippen MR) is 36.5 cm³/mol. The standard InChI is InChI=1S/C7F13O/c8-2(9,1-21)3(10,11)4(12,13)5(14,15)6(16,17)7(18,19)20. The van der Waals surface area contributed by atoms with E-state index in [1.807, 2.05) is 0 Å². The van der Waals surface area contributed by atoms with E-state index >= 15 is 0 Å². The van der Waals surface area contributed by atoms with E-state index in [1.165, 1.54) is 0 Å². The van der Waals surface area contributed by atoms with Gasteiger partial charge in [0.2, 0.25) is 0 Å². The maximum Gasteiger partial charge on any atom is 0.460 e. The molecule has 0 N–H and O–H groups in total. The first-order valence-electron chi connectivity index (χ1n) is 4.16. The quantitative estimate of drug-likeness (QED) is 0.691. The minimum atomic E-state index is -7.98. The van der Waals surface area contributed by atoms with E-state index in [4.69, 9.17) is 0 Å².